The first kappa shape index (κ1) is 36.6. The second kappa shape index (κ2) is 27.0. The zero-order valence-electron chi connectivity index (χ0n) is 28.3. The van der Waals surface area contributed by atoms with Gasteiger partial charge in [0.2, 0.25) is 0 Å². The highest BCUT2D eigenvalue weighted by molar-refractivity contribution is 5.15. The Kier molecular flexibility index (Phi) is 23.6. The van der Waals surface area contributed by atoms with E-state index in [2.05, 4.69) is 66.3 Å². The van der Waals surface area contributed by atoms with Crippen LogP contribution in [0.15, 0.2) is 49.1 Å². The van der Waals surface area contributed by atoms with Crippen molar-refractivity contribution in [1.82, 2.24) is 9.55 Å². The molecule has 0 radical (unpaired) electrons. The molecule has 2 nitrogen and oxygen atoms in total. The highest BCUT2D eigenvalue weighted by Crippen LogP contribution is 2.32. The molecule has 2 unspecified atom stereocenters. The van der Waals surface area contributed by atoms with Gasteiger partial charge in [0, 0.05) is 18.4 Å². The van der Waals surface area contributed by atoms with E-state index in [0.717, 1.165) is 0 Å². The lowest BCUT2D eigenvalue weighted by Crippen LogP contribution is -2.21. The van der Waals surface area contributed by atoms with E-state index in [1.165, 1.54) is 179 Å². The number of hydrogen-bond acceptors (Lipinski definition) is 1. The largest absolute Gasteiger partial charge is 0.334 e. The van der Waals surface area contributed by atoms with Crippen LogP contribution in [0.1, 0.15) is 192 Å². The summed E-state index contributed by atoms with van der Waals surface area (Å²) in [4.78, 5) is 4.47. The summed E-state index contributed by atoms with van der Waals surface area (Å²) in [5.41, 5.74) is 1.50. The molecule has 1 heterocycles. The Bertz CT molecular complexity index is 783. The molecule has 0 aliphatic carbocycles. The van der Waals surface area contributed by atoms with Crippen LogP contribution in [0.2, 0.25) is 0 Å². The maximum absolute atomic E-state index is 4.47. The zero-order valence-corrected chi connectivity index (χ0v) is 28.3. The SMILES string of the molecule is CCCCCCCCCCCCCCCC(C(CCCCCCCCCCCCC)Cc1ccccc1)n1ccnc1. The molecule has 0 saturated carbocycles. The molecule has 2 aromatic rings. The van der Waals surface area contributed by atoms with Crippen molar-refractivity contribution in [2.75, 3.05) is 0 Å². The van der Waals surface area contributed by atoms with Gasteiger partial charge in [-0.15, -0.1) is 0 Å². The van der Waals surface area contributed by atoms with E-state index in [0.29, 0.717) is 12.0 Å². The van der Waals surface area contributed by atoms with Crippen LogP contribution >= 0.6 is 0 Å². The van der Waals surface area contributed by atoms with Gasteiger partial charge >= 0.3 is 0 Å². The molecule has 0 fully saturated rings. The smallest absolute Gasteiger partial charge is 0.0948 e. The van der Waals surface area contributed by atoms with Crippen molar-refractivity contribution in [1.29, 1.82) is 0 Å². The first-order valence-electron chi connectivity index (χ1n) is 18.9. The minimum Gasteiger partial charge on any atom is -0.334 e. The van der Waals surface area contributed by atoms with E-state index < -0.39 is 0 Å². The van der Waals surface area contributed by atoms with Gasteiger partial charge in [0.05, 0.1) is 6.33 Å². The topological polar surface area (TPSA) is 17.8 Å². The maximum Gasteiger partial charge on any atom is 0.0948 e. The molecule has 42 heavy (non-hydrogen) atoms. The van der Waals surface area contributed by atoms with Crippen molar-refractivity contribution in [3.63, 3.8) is 0 Å². The average Bonchev–Trinajstić information content (AvgIpc) is 3.55. The predicted molar refractivity (Wildman–Crippen MR) is 186 cm³/mol. The van der Waals surface area contributed by atoms with Crippen LogP contribution in [-0.2, 0) is 6.42 Å². The normalized spacial score (nSPS) is 13.0. The molecule has 2 heteroatoms. The highest BCUT2D eigenvalue weighted by atomic mass is 15.1. The molecular weight excluding hydrogens is 508 g/mol. The Labute approximate surface area is 262 Å². The molecule has 2 rings (SSSR count). The summed E-state index contributed by atoms with van der Waals surface area (Å²) < 4.78 is 2.45. The molecule has 2 atom stereocenters. The van der Waals surface area contributed by atoms with E-state index in [1.54, 1.807) is 0 Å². The van der Waals surface area contributed by atoms with Gasteiger partial charge in [0.25, 0.3) is 0 Å². The Morgan fingerprint density at radius 2 is 0.952 bits per heavy atom. The van der Waals surface area contributed by atoms with Crippen LogP contribution in [0.5, 0.6) is 0 Å². The van der Waals surface area contributed by atoms with Crippen LogP contribution in [-0.4, -0.2) is 9.55 Å². The lowest BCUT2D eigenvalue weighted by molar-refractivity contribution is 0.275. The molecule has 0 N–H and O–H groups in total. The van der Waals surface area contributed by atoms with Crippen molar-refractivity contribution < 1.29 is 0 Å². The van der Waals surface area contributed by atoms with Gasteiger partial charge in [-0.25, -0.2) is 4.98 Å². The van der Waals surface area contributed by atoms with Crippen LogP contribution in [0.25, 0.3) is 0 Å². The molecule has 0 spiro atoms. The van der Waals surface area contributed by atoms with Gasteiger partial charge in [-0.1, -0.05) is 198 Å². The van der Waals surface area contributed by atoms with Gasteiger partial charge in [0.1, 0.15) is 0 Å². The van der Waals surface area contributed by atoms with Gasteiger partial charge in [-0.3, -0.25) is 0 Å². The van der Waals surface area contributed by atoms with Gasteiger partial charge < -0.3 is 4.57 Å². The number of aromatic nitrogens is 2. The fourth-order valence-corrected chi connectivity index (χ4v) is 6.88. The third-order valence-corrected chi connectivity index (χ3v) is 9.57. The number of imidazole rings is 1. The second-order valence-corrected chi connectivity index (χ2v) is 13.4. The van der Waals surface area contributed by atoms with E-state index in [1.807, 2.05) is 6.20 Å². The molecule has 240 valence electrons. The molecule has 0 amide bonds. The van der Waals surface area contributed by atoms with Gasteiger partial charge in [-0.2, -0.15) is 0 Å². The molecular formula is C40H70N2. The van der Waals surface area contributed by atoms with Crippen molar-refractivity contribution >= 4 is 0 Å². The summed E-state index contributed by atoms with van der Waals surface area (Å²) in [6, 6.07) is 11.8. The van der Waals surface area contributed by atoms with E-state index in [4.69, 9.17) is 0 Å². The van der Waals surface area contributed by atoms with Crippen molar-refractivity contribution in [2.24, 2.45) is 5.92 Å². The lowest BCUT2D eigenvalue weighted by Gasteiger charge is -2.29. The number of benzene rings is 1. The Morgan fingerprint density at radius 1 is 0.524 bits per heavy atom. The Hall–Kier alpha value is -1.57. The second-order valence-electron chi connectivity index (χ2n) is 13.4. The van der Waals surface area contributed by atoms with E-state index in [-0.39, 0.29) is 0 Å². The minimum absolute atomic E-state index is 0.573. The fourth-order valence-electron chi connectivity index (χ4n) is 6.88. The van der Waals surface area contributed by atoms with Crippen molar-refractivity contribution in [3.8, 4) is 0 Å². The van der Waals surface area contributed by atoms with Crippen molar-refractivity contribution in [2.45, 2.75) is 193 Å². The van der Waals surface area contributed by atoms with Gasteiger partial charge in [-0.05, 0) is 30.7 Å². The van der Waals surface area contributed by atoms with Crippen LogP contribution in [0.4, 0.5) is 0 Å². The summed E-state index contributed by atoms with van der Waals surface area (Å²) in [7, 11) is 0. The lowest BCUT2D eigenvalue weighted by atomic mass is 9.84. The molecule has 0 aliphatic rings. The number of hydrogen-bond donors (Lipinski definition) is 0. The summed E-state index contributed by atoms with van der Waals surface area (Å²) in [6.07, 6.45) is 44.3. The fraction of sp³-hybridized carbons (Fsp3) is 0.775. The molecule has 1 aromatic carbocycles. The molecule has 0 saturated heterocycles. The zero-order chi connectivity index (χ0) is 29.8. The summed E-state index contributed by atoms with van der Waals surface area (Å²) in [6.45, 7) is 4.61. The van der Waals surface area contributed by atoms with Crippen LogP contribution < -0.4 is 0 Å². The van der Waals surface area contributed by atoms with Crippen LogP contribution in [0.3, 0.4) is 0 Å². The molecule has 1 aromatic heterocycles. The molecule has 0 aliphatic heterocycles. The quantitative estimate of drug-likeness (QED) is 0.0843. The van der Waals surface area contributed by atoms with Crippen LogP contribution in [0, 0.1) is 5.92 Å². The summed E-state index contributed by atoms with van der Waals surface area (Å²) in [5, 5.41) is 0. The van der Waals surface area contributed by atoms with Crippen molar-refractivity contribution in [3.05, 3.63) is 54.6 Å². The first-order chi connectivity index (χ1) is 20.8. The monoisotopic (exact) mass is 579 g/mol. The standard InChI is InChI=1S/C40H70N2/c1-3-5-7-9-11-13-15-16-18-20-22-24-29-33-40(42-35-34-41-37-42)39(36-38-30-26-25-27-31-38)32-28-23-21-19-17-14-12-10-8-6-4-2/h25-27,30-31,34-35,37,39-40H,3-24,28-29,32-33,36H2,1-2H3. The third kappa shape index (κ3) is 18.9. The Morgan fingerprint density at radius 3 is 1.38 bits per heavy atom. The average molecular weight is 579 g/mol. The first-order valence-corrected chi connectivity index (χ1v) is 18.9. The number of rotatable bonds is 30. The summed E-state index contributed by atoms with van der Waals surface area (Å²) >= 11 is 0. The molecule has 0 bridgehead atoms. The summed E-state index contributed by atoms with van der Waals surface area (Å²) in [5.74, 6) is 0.692. The predicted octanol–water partition coefficient (Wildman–Crippen LogP) is 13.5. The highest BCUT2D eigenvalue weighted by Gasteiger charge is 2.23. The van der Waals surface area contributed by atoms with E-state index in [9.17, 15) is 0 Å². The minimum atomic E-state index is 0.573. The number of nitrogens with zero attached hydrogens (tertiary/aromatic N) is 2. The van der Waals surface area contributed by atoms with E-state index >= 15 is 0 Å². The maximum atomic E-state index is 4.47. The number of unbranched alkanes of at least 4 members (excludes halogenated alkanes) is 22. The third-order valence-electron chi connectivity index (χ3n) is 9.57. The Balaban J connectivity index is 1.71. The van der Waals surface area contributed by atoms with Gasteiger partial charge in [0.15, 0.2) is 0 Å².